The topological polar surface area (TPSA) is 15.3 Å². The van der Waals surface area contributed by atoms with Crippen LogP contribution in [0, 0.1) is 5.92 Å². The Balaban J connectivity index is 1.91. The molecule has 100 valence electrons. The van der Waals surface area contributed by atoms with Crippen LogP contribution in [-0.2, 0) is 0 Å². The van der Waals surface area contributed by atoms with E-state index in [1.807, 2.05) is 12.1 Å². The molecule has 1 aromatic rings. The highest BCUT2D eigenvalue weighted by Gasteiger charge is 2.22. The highest BCUT2D eigenvalue weighted by molar-refractivity contribution is 6.35. The van der Waals surface area contributed by atoms with Gasteiger partial charge in [-0.05, 0) is 50.0 Å². The number of rotatable bonds is 5. The van der Waals surface area contributed by atoms with E-state index < -0.39 is 0 Å². The summed E-state index contributed by atoms with van der Waals surface area (Å²) in [5.74, 6) is 0.731. The summed E-state index contributed by atoms with van der Waals surface area (Å²) in [6.07, 6.45) is 2.43. The first-order chi connectivity index (χ1) is 8.69. The van der Waals surface area contributed by atoms with Crippen molar-refractivity contribution in [2.24, 2.45) is 5.92 Å². The minimum Gasteiger partial charge on any atom is -0.371 e. The summed E-state index contributed by atoms with van der Waals surface area (Å²) in [5.41, 5.74) is 1.14. The zero-order valence-corrected chi connectivity index (χ0v) is 12.3. The van der Waals surface area contributed by atoms with Gasteiger partial charge in [-0.15, -0.1) is 0 Å². The van der Waals surface area contributed by atoms with Crippen molar-refractivity contribution in [3.63, 3.8) is 0 Å². The summed E-state index contributed by atoms with van der Waals surface area (Å²) in [6.45, 7) is 6.60. The summed E-state index contributed by atoms with van der Waals surface area (Å²) < 4.78 is 0. The Morgan fingerprint density at radius 3 is 2.67 bits per heavy atom. The van der Waals surface area contributed by atoms with Crippen molar-refractivity contribution < 1.29 is 0 Å². The molecule has 0 bridgehead atoms. The number of hydrogen-bond donors (Lipinski definition) is 1. The van der Waals surface area contributed by atoms with Crippen LogP contribution in [0.25, 0.3) is 0 Å². The predicted molar refractivity (Wildman–Crippen MR) is 79.9 cm³/mol. The van der Waals surface area contributed by atoms with Gasteiger partial charge in [0.15, 0.2) is 0 Å². The number of nitrogens with zero attached hydrogens (tertiary/aromatic N) is 1. The minimum absolute atomic E-state index is 0.713. The van der Waals surface area contributed by atoms with Crippen molar-refractivity contribution in [3.8, 4) is 0 Å². The zero-order chi connectivity index (χ0) is 13.0. The lowest BCUT2D eigenvalue weighted by molar-refractivity contribution is 0.516. The summed E-state index contributed by atoms with van der Waals surface area (Å²) in [7, 11) is 0. The normalized spacial score (nSPS) is 19.5. The Morgan fingerprint density at radius 2 is 2.00 bits per heavy atom. The molecule has 1 aliphatic heterocycles. The molecule has 1 heterocycles. The number of benzene rings is 1. The van der Waals surface area contributed by atoms with E-state index in [2.05, 4.69) is 17.1 Å². The Morgan fingerprint density at radius 1 is 1.28 bits per heavy atom. The van der Waals surface area contributed by atoms with Crippen molar-refractivity contribution in [2.75, 3.05) is 31.1 Å². The molecule has 1 N–H and O–H groups in total. The fraction of sp³-hybridized carbons (Fsp3) is 0.571. The first-order valence-corrected chi connectivity index (χ1v) is 7.36. The Bertz CT molecular complexity index is 375. The maximum Gasteiger partial charge on any atom is 0.0441 e. The molecular formula is C14H20Cl2N2. The van der Waals surface area contributed by atoms with Crippen LogP contribution in [0.4, 0.5) is 5.69 Å². The van der Waals surface area contributed by atoms with Crippen LogP contribution in [0.15, 0.2) is 18.2 Å². The van der Waals surface area contributed by atoms with E-state index in [4.69, 9.17) is 23.2 Å². The van der Waals surface area contributed by atoms with E-state index in [1.54, 1.807) is 6.07 Å². The molecule has 0 radical (unpaired) electrons. The summed E-state index contributed by atoms with van der Waals surface area (Å²) in [4.78, 5) is 2.37. The first-order valence-electron chi connectivity index (χ1n) is 6.61. The Hall–Kier alpha value is -0.440. The van der Waals surface area contributed by atoms with Crippen LogP contribution in [0.1, 0.15) is 19.8 Å². The van der Waals surface area contributed by atoms with Gasteiger partial charge in [-0.2, -0.15) is 0 Å². The van der Waals surface area contributed by atoms with Crippen LogP contribution < -0.4 is 10.2 Å². The average Bonchev–Trinajstić information content (AvgIpc) is 2.77. The maximum atomic E-state index is 6.04. The lowest BCUT2D eigenvalue weighted by Crippen LogP contribution is -2.26. The van der Waals surface area contributed by atoms with Crippen molar-refractivity contribution >= 4 is 28.9 Å². The Labute approximate surface area is 119 Å². The van der Waals surface area contributed by atoms with Gasteiger partial charge in [-0.3, -0.25) is 0 Å². The van der Waals surface area contributed by atoms with Gasteiger partial charge in [-0.25, -0.2) is 0 Å². The molecule has 1 aromatic carbocycles. The van der Waals surface area contributed by atoms with Crippen molar-refractivity contribution in [1.29, 1.82) is 0 Å². The van der Waals surface area contributed by atoms with Crippen molar-refractivity contribution in [3.05, 3.63) is 28.2 Å². The van der Waals surface area contributed by atoms with E-state index in [9.17, 15) is 0 Å². The van der Waals surface area contributed by atoms with Gasteiger partial charge in [0.1, 0.15) is 0 Å². The number of anilines is 1. The van der Waals surface area contributed by atoms with Crippen LogP contribution in [-0.4, -0.2) is 26.2 Å². The van der Waals surface area contributed by atoms with Crippen LogP contribution >= 0.6 is 23.2 Å². The van der Waals surface area contributed by atoms with E-state index in [0.717, 1.165) is 37.8 Å². The van der Waals surface area contributed by atoms with Gasteiger partial charge >= 0.3 is 0 Å². The van der Waals surface area contributed by atoms with E-state index in [1.165, 1.54) is 12.8 Å². The fourth-order valence-corrected chi connectivity index (χ4v) is 2.95. The third-order valence-corrected chi connectivity index (χ3v) is 3.79. The third-order valence-electron chi connectivity index (χ3n) is 3.36. The van der Waals surface area contributed by atoms with Crippen molar-refractivity contribution in [1.82, 2.24) is 5.32 Å². The van der Waals surface area contributed by atoms with E-state index >= 15 is 0 Å². The minimum atomic E-state index is 0.713. The molecule has 1 atom stereocenters. The quantitative estimate of drug-likeness (QED) is 0.828. The zero-order valence-electron chi connectivity index (χ0n) is 10.8. The lowest BCUT2D eigenvalue weighted by atomic mass is 10.1. The number of hydrogen-bond acceptors (Lipinski definition) is 2. The lowest BCUT2D eigenvalue weighted by Gasteiger charge is -2.19. The molecule has 0 aromatic heterocycles. The molecule has 4 heteroatoms. The Kier molecular flexibility index (Phi) is 5.16. The molecule has 2 nitrogen and oxygen atoms in total. The second-order valence-electron chi connectivity index (χ2n) is 4.93. The highest BCUT2D eigenvalue weighted by atomic mass is 35.5. The molecule has 0 amide bonds. The van der Waals surface area contributed by atoms with Gasteiger partial charge in [0, 0.05) is 28.8 Å². The van der Waals surface area contributed by atoms with Crippen molar-refractivity contribution in [2.45, 2.75) is 19.8 Å². The molecule has 2 rings (SSSR count). The standard InChI is InChI=1S/C14H20Cl2N2/c1-2-4-17-9-11-3-5-18(10-11)14-7-12(15)6-13(16)8-14/h6-8,11,17H,2-5,9-10H2,1H3. The van der Waals surface area contributed by atoms with Gasteiger partial charge in [-0.1, -0.05) is 30.1 Å². The van der Waals surface area contributed by atoms with Crippen LogP contribution in [0.5, 0.6) is 0 Å². The molecular weight excluding hydrogens is 267 g/mol. The van der Waals surface area contributed by atoms with E-state index in [0.29, 0.717) is 10.0 Å². The highest BCUT2D eigenvalue weighted by Crippen LogP contribution is 2.29. The van der Waals surface area contributed by atoms with Crippen LogP contribution in [0.2, 0.25) is 10.0 Å². The van der Waals surface area contributed by atoms with Gasteiger partial charge in [0.25, 0.3) is 0 Å². The van der Waals surface area contributed by atoms with E-state index in [-0.39, 0.29) is 0 Å². The number of nitrogens with one attached hydrogen (secondary N) is 1. The number of halogens is 2. The molecule has 18 heavy (non-hydrogen) atoms. The predicted octanol–water partition coefficient (Wildman–Crippen LogP) is 3.82. The molecule has 0 spiro atoms. The second kappa shape index (κ2) is 6.65. The molecule has 1 fully saturated rings. The fourth-order valence-electron chi connectivity index (χ4n) is 2.44. The summed E-state index contributed by atoms with van der Waals surface area (Å²) >= 11 is 12.1. The molecule has 0 aliphatic carbocycles. The molecule has 0 saturated carbocycles. The maximum absolute atomic E-state index is 6.04. The SMILES string of the molecule is CCCNCC1CCN(c2cc(Cl)cc(Cl)c2)C1. The second-order valence-corrected chi connectivity index (χ2v) is 5.81. The molecule has 1 saturated heterocycles. The smallest absolute Gasteiger partial charge is 0.0441 e. The summed E-state index contributed by atoms with van der Waals surface area (Å²) in [6, 6.07) is 5.77. The monoisotopic (exact) mass is 286 g/mol. The van der Waals surface area contributed by atoms with Gasteiger partial charge in [0.2, 0.25) is 0 Å². The van der Waals surface area contributed by atoms with Crippen LogP contribution in [0.3, 0.4) is 0 Å². The first kappa shape index (κ1) is 14.0. The third kappa shape index (κ3) is 3.78. The molecule has 1 aliphatic rings. The molecule has 1 unspecified atom stereocenters. The summed E-state index contributed by atoms with van der Waals surface area (Å²) in [5, 5.41) is 4.92. The van der Waals surface area contributed by atoms with Gasteiger partial charge in [0.05, 0.1) is 0 Å². The van der Waals surface area contributed by atoms with Gasteiger partial charge < -0.3 is 10.2 Å². The largest absolute Gasteiger partial charge is 0.371 e. The average molecular weight is 287 g/mol.